The fourth-order valence-corrected chi connectivity index (χ4v) is 3.83. The van der Waals surface area contributed by atoms with Gasteiger partial charge in [-0.05, 0) is 48.4 Å². The third-order valence-corrected chi connectivity index (χ3v) is 5.71. The fraction of sp³-hybridized carbons (Fsp3) is 0.222. The average Bonchev–Trinajstić information content (AvgIpc) is 3.32. The summed E-state index contributed by atoms with van der Waals surface area (Å²) >= 11 is 0. The number of rotatable bonds is 7. The zero-order chi connectivity index (χ0) is 27.7. The molecule has 0 spiro atoms. The molecule has 0 fully saturated rings. The van der Waals surface area contributed by atoms with E-state index >= 15 is 0 Å². The Morgan fingerprint density at radius 2 is 1.69 bits per heavy atom. The van der Waals surface area contributed by atoms with Crippen molar-refractivity contribution in [1.82, 2.24) is 29.9 Å². The zero-order valence-corrected chi connectivity index (χ0v) is 20.7. The lowest BCUT2D eigenvalue weighted by Crippen LogP contribution is -2.11. The summed E-state index contributed by atoms with van der Waals surface area (Å²) in [5, 5.41) is 12.3. The number of hydrogen-bond acceptors (Lipinski definition) is 6. The van der Waals surface area contributed by atoms with E-state index in [0.717, 1.165) is 12.1 Å². The van der Waals surface area contributed by atoms with E-state index in [1.165, 1.54) is 41.2 Å². The maximum atomic E-state index is 14.2. The van der Waals surface area contributed by atoms with E-state index in [-0.39, 0.29) is 40.9 Å². The number of imidazole rings is 1. The molecule has 0 bridgehead atoms. The van der Waals surface area contributed by atoms with Crippen LogP contribution in [0.3, 0.4) is 0 Å². The van der Waals surface area contributed by atoms with E-state index < -0.39 is 23.4 Å². The Morgan fingerprint density at radius 3 is 2.41 bits per heavy atom. The summed E-state index contributed by atoms with van der Waals surface area (Å²) < 4.78 is 76.1. The molecule has 0 atom stereocenters. The van der Waals surface area contributed by atoms with Gasteiger partial charge in [0.1, 0.15) is 17.1 Å². The second kappa shape index (κ2) is 10.4. The third kappa shape index (κ3) is 5.69. The molecule has 0 unspecified atom stereocenters. The zero-order valence-electron chi connectivity index (χ0n) is 20.7. The monoisotopic (exact) mass is 540 g/mol. The van der Waals surface area contributed by atoms with Gasteiger partial charge in [0, 0.05) is 5.56 Å². The van der Waals surface area contributed by atoms with Crippen LogP contribution in [-0.4, -0.2) is 36.6 Å². The van der Waals surface area contributed by atoms with Gasteiger partial charge < -0.3 is 4.74 Å². The van der Waals surface area contributed by atoms with E-state index in [1.807, 2.05) is 13.8 Å². The molecule has 7 nitrogen and oxygen atoms in total. The molecule has 0 saturated heterocycles. The Labute approximate surface area is 219 Å². The van der Waals surface area contributed by atoms with Crippen molar-refractivity contribution in [1.29, 1.82) is 0 Å². The van der Waals surface area contributed by atoms with E-state index in [2.05, 4.69) is 25.3 Å². The van der Waals surface area contributed by atoms with Crippen LogP contribution in [0.2, 0.25) is 0 Å². The normalized spacial score (nSPS) is 11.9. The minimum Gasteiger partial charge on any atom is -0.493 e. The number of nitrogens with zero attached hydrogens (tertiary/aromatic N) is 6. The number of halogens is 5. The van der Waals surface area contributed by atoms with Gasteiger partial charge in [-0.15, -0.1) is 0 Å². The first kappa shape index (κ1) is 26.1. The Bertz CT molecular complexity index is 1580. The quantitative estimate of drug-likeness (QED) is 0.226. The van der Waals surface area contributed by atoms with Crippen molar-refractivity contribution < 1.29 is 26.7 Å². The molecule has 0 N–H and O–H groups in total. The van der Waals surface area contributed by atoms with Crippen LogP contribution in [-0.2, 0) is 12.7 Å². The maximum absolute atomic E-state index is 14.2. The highest BCUT2D eigenvalue weighted by Gasteiger charge is 2.34. The third-order valence-electron chi connectivity index (χ3n) is 5.71. The summed E-state index contributed by atoms with van der Waals surface area (Å²) in [5.74, 6) is -1.74. The first-order valence-electron chi connectivity index (χ1n) is 11.9. The van der Waals surface area contributed by atoms with Crippen LogP contribution in [0.5, 0.6) is 5.75 Å². The molecule has 0 aliphatic carbocycles. The van der Waals surface area contributed by atoms with Crippen molar-refractivity contribution in [3.05, 3.63) is 83.8 Å². The Hall–Kier alpha value is -4.48. The molecule has 12 heteroatoms. The SMILES string of the molecule is CC(C)COc1ccc(-c2ccc(Cn3cc4nc(-c5cccc(F)c5F)nc-4cn3)nn2)c(C(F)(F)F)c1. The summed E-state index contributed by atoms with van der Waals surface area (Å²) in [7, 11) is 0. The number of ether oxygens (including phenoxy) is 1. The summed E-state index contributed by atoms with van der Waals surface area (Å²) in [5.41, 5.74) is 0.199. The molecule has 2 aliphatic rings. The van der Waals surface area contributed by atoms with Crippen LogP contribution < -0.4 is 4.74 Å². The lowest BCUT2D eigenvalue weighted by atomic mass is 10.0. The molecule has 1 aromatic heterocycles. The minimum atomic E-state index is -4.62. The smallest absolute Gasteiger partial charge is 0.417 e. The van der Waals surface area contributed by atoms with Gasteiger partial charge in [-0.3, -0.25) is 4.68 Å². The van der Waals surface area contributed by atoms with Crippen LogP contribution in [0.1, 0.15) is 25.1 Å². The maximum Gasteiger partial charge on any atom is 0.417 e. The highest BCUT2D eigenvalue weighted by Crippen LogP contribution is 2.38. The predicted octanol–water partition coefficient (Wildman–Crippen LogP) is 6.28. The molecule has 5 rings (SSSR count). The lowest BCUT2D eigenvalue weighted by molar-refractivity contribution is -0.137. The van der Waals surface area contributed by atoms with E-state index in [1.54, 1.807) is 12.3 Å². The number of hydrogen-bond donors (Lipinski definition) is 0. The predicted molar refractivity (Wildman–Crippen MR) is 132 cm³/mol. The van der Waals surface area contributed by atoms with Crippen LogP contribution in [0, 0.1) is 17.6 Å². The van der Waals surface area contributed by atoms with E-state index in [9.17, 15) is 22.0 Å². The van der Waals surface area contributed by atoms with Gasteiger partial charge in [0.2, 0.25) is 0 Å². The van der Waals surface area contributed by atoms with Crippen LogP contribution in [0.25, 0.3) is 34.0 Å². The number of aromatic nitrogens is 6. The van der Waals surface area contributed by atoms with Crippen LogP contribution in [0.4, 0.5) is 22.0 Å². The standard InChI is InChI=1S/C27H21F5N6O/c1-15(2)14-39-17-7-8-18(20(10-17)27(30,31)32)22-9-6-16(36-37-22)12-38-13-24-23(11-33-38)34-26(35-24)19-4-3-5-21(28)25(19)29/h3-11,13,15H,12,14H2,1-2H3. The largest absolute Gasteiger partial charge is 0.493 e. The fourth-order valence-electron chi connectivity index (χ4n) is 3.83. The van der Waals surface area contributed by atoms with Gasteiger partial charge in [-0.1, -0.05) is 19.9 Å². The lowest BCUT2D eigenvalue weighted by Gasteiger charge is -2.15. The highest BCUT2D eigenvalue weighted by molar-refractivity contribution is 5.66. The van der Waals surface area contributed by atoms with Crippen molar-refractivity contribution in [3.63, 3.8) is 0 Å². The molecule has 200 valence electrons. The molecule has 2 aliphatic heterocycles. The van der Waals surface area contributed by atoms with Crippen molar-refractivity contribution in [2.75, 3.05) is 6.61 Å². The van der Waals surface area contributed by atoms with Crippen LogP contribution >= 0.6 is 0 Å². The van der Waals surface area contributed by atoms with Crippen molar-refractivity contribution in [3.8, 4) is 39.8 Å². The Balaban J connectivity index is 1.37. The van der Waals surface area contributed by atoms with Gasteiger partial charge in [-0.2, -0.15) is 28.5 Å². The topological polar surface area (TPSA) is 78.6 Å². The van der Waals surface area contributed by atoms with E-state index in [0.29, 0.717) is 23.7 Å². The highest BCUT2D eigenvalue weighted by atomic mass is 19.4. The molecular weight excluding hydrogens is 519 g/mol. The average molecular weight is 540 g/mol. The Kier molecular flexibility index (Phi) is 6.94. The summed E-state index contributed by atoms with van der Waals surface area (Å²) in [6, 6.07) is 10.5. The van der Waals surface area contributed by atoms with Gasteiger partial charge in [-0.25, -0.2) is 18.7 Å². The van der Waals surface area contributed by atoms with Crippen molar-refractivity contribution in [2.24, 2.45) is 5.92 Å². The van der Waals surface area contributed by atoms with Gasteiger partial charge in [0.25, 0.3) is 0 Å². The molecule has 39 heavy (non-hydrogen) atoms. The molecule has 0 radical (unpaired) electrons. The first-order valence-corrected chi connectivity index (χ1v) is 11.9. The number of benzene rings is 2. The molecule has 3 heterocycles. The summed E-state index contributed by atoms with van der Waals surface area (Å²) in [6.45, 7) is 4.23. The van der Waals surface area contributed by atoms with Gasteiger partial charge in [0.05, 0.1) is 48.1 Å². The molecule has 3 aromatic rings. The van der Waals surface area contributed by atoms with Crippen LogP contribution in [0.15, 0.2) is 60.9 Å². The van der Waals surface area contributed by atoms with Crippen molar-refractivity contribution in [2.45, 2.75) is 26.6 Å². The minimum absolute atomic E-state index is 0.0202. The molecule has 0 saturated carbocycles. The number of alkyl halides is 3. The second-order valence-corrected chi connectivity index (χ2v) is 9.21. The van der Waals surface area contributed by atoms with Crippen molar-refractivity contribution >= 4 is 0 Å². The second-order valence-electron chi connectivity index (χ2n) is 9.21. The first-order chi connectivity index (χ1) is 18.6. The number of fused-ring (bicyclic) bond motifs is 1. The van der Waals surface area contributed by atoms with Gasteiger partial charge >= 0.3 is 6.18 Å². The summed E-state index contributed by atoms with van der Waals surface area (Å²) in [6.07, 6.45) is -1.64. The van der Waals surface area contributed by atoms with Gasteiger partial charge in [0.15, 0.2) is 17.5 Å². The Morgan fingerprint density at radius 1 is 0.897 bits per heavy atom. The summed E-state index contributed by atoms with van der Waals surface area (Å²) in [4.78, 5) is 8.48. The molecule has 2 aromatic carbocycles. The molecular formula is C27H21F5N6O. The molecule has 0 amide bonds. The van der Waals surface area contributed by atoms with E-state index in [4.69, 9.17) is 4.74 Å².